The molecule has 33 heavy (non-hydrogen) atoms. The van der Waals surface area contributed by atoms with Gasteiger partial charge in [-0.1, -0.05) is 42.2 Å². The summed E-state index contributed by atoms with van der Waals surface area (Å²) in [4.78, 5) is 26.8. The number of carbonyl (C=O) groups excluding carboxylic acids is 2. The quantitative estimate of drug-likeness (QED) is 0.377. The predicted molar refractivity (Wildman–Crippen MR) is 129 cm³/mol. The lowest BCUT2D eigenvalue weighted by molar-refractivity contribution is -0.118. The molecule has 1 aliphatic heterocycles. The van der Waals surface area contributed by atoms with Crippen LogP contribution in [0.5, 0.6) is 5.75 Å². The molecule has 3 aromatic rings. The first kappa shape index (κ1) is 22.6. The van der Waals surface area contributed by atoms with E-state index in [1.165, 1.54) is 53.4 Å². The van der Waals surface area contributed by atoms with Gasteiger partial charge in [0.25, 0.3) is 11.8 Å². The first-order valence-corrected chi connectivity index (χ1v) is 10.9. The molecule has 1 saturated heterocycles. The number of carbonyl (C=O) groups is 2. The SMILES string of the molecule is O=C(COc1ccccc1/C=C1\SC(=S)N(c2ccc(F)cc2)C1=O)Nc1ccc(F)cc1. The van der Waals surface area contributed by atoms with Gasteiger partial charge in [-0.15, -0.1) is 0 Å². The molecule has 5 nitrogen and oxygen atoms in total. The lowest BCUT2D eigenvalue weighted by atomic mass is 10.2. The second kappa shape index (κ2) is 9.93. The van der Waals surface area contributed by atoms with Crippen molar-refractivity contribution in [2.75, 3.05) is 16.8 Å². The first-order chi connectivity index (χ1) is 15.9. The third kappa shape index (κ3) is 5.44. The third-order valence-corrected chi connectivity index (χ3v) is 5.87. The van der Waals surface area contributed by atoms with Crippen molar-refractivity contribution < 1.29 is 23.1 Å². The topological polar surface area (TPSA) is 58.6 Å². The van der Waals surface area contributed by atoms with Crippen LogP contribution in [0.3, 0.4) is 0 Å². The van der Waals surface area contributed by atoms with E-state index in [-0.39, 0.29) is 12.5 Å². The van der Waals surface area contributed by atoms with E-state index < -0.39 is 17.5 Å². The van der Waals surface area contributed by atoms with Gasteiger partial charge in [0.1, 0.15) is 17.4 Å². The summed E-state index contributed by atoms with van der Waals surface area (Å²) in [6.07, 6.45) is 1.63. The standard InChI is InChI=1S/C24H16F2N2O3S2/c25-16-5-9-18(10-6-16)27-22(29)14-31-20-4-2-1-3-15(20)13-21-23(30)28(24(32)33-21)19-11-7-17(26)8-12-19/h1-13H,14H2,(H,27,29)/b21-13-. The smallest absolute Gasteiger partial charge is 0.270 e. The van der Waals surface area contributed by atoms with Gasteiger partial charge in [-0.3, -0.25) is 14.5 Å². The molecule has 9 heteroatoms. The number of benzene rings is 3. The molecule has 4 rings (SSSR count). The average molecular weight is 483 g/mol. The van der Waals surface area contributed by atoms with Crippen molar-refractivity contribution in [2.24, 2.45) is 0 Å². The molecule has 1 aliphatic rings. The molecule has 3 aromatic carbocycles. The average Bonchev–Trinajstić information content (AvgIpc) is 3.08. The molecule has 0 spiro atoms. The van der Waals surface area contributed by atoms with Crippen molar-refractivity contribution in [1.82, 2.24) is 0 Å². The molecule has 1 heterocycles. The van der Waals surface area contributed by atoms with Crippen LogP contribution in [0, 0.1) is 11.6 Å². The second-order valence-electron chi connectivity index (χ2n) is 6.88. The van der Waals surface area contributed by atoms with Crippen molar-refractivity contribution in [1.29, 1.82) is 0 Å². The van der Waals surface area contributed by atoms with Gasteiger partial charge in [0, 0.05) is 11.3 Å². The minimum absolute atomic E-state index is 0.279. The number of nitrogens with one attached hydrogen (secondary N) is 1. The minimum Gasteiger partial charge on any atom is -0.483 e. The Morgan fingerprint density at radius 1 is 1.00 bits per heavy atom. The highest BCUT2D eigenvalue weighted by atomic mass is 32.2. The van der Waals surface area contributed by atoms with E-state index in [0.717, 1.165) is 11.8 Å². The van der Waals surface area contributed by atoms with E-state index >= 15 is 0 Å². The van der Waals surface area contributed by atoms with Gasteiger partial charge in [0.05, 0.1) is 10.6 Å². The van der Waals surface area contributed by atoms with E-state index in [2.05, 4.69) is 5.32 Å². The van der Waals surface area contributed by atoms with Crippen LogP contribution in [0.1, 0.15) is 5.56 Å². The van der Waals surface area contributed by atoms with Crippen molar-refractivity contribution >= 4 is 57.6 Å². The summed E-state index contributed by atoms with van der Waals surface area (Å²) in [6, 6.07) is 17.8. The summed E-state index contributed by atoms with van der Waals surface area (Å²) >= 11 is 6.46. The summed E-state index contributed by atoms with van der Waals surface area (Å²) in [6.45, 7) is -0.279. The van der Waals surface area contributed by atoms with Crippen LogP contribution in [-0.2, 0) is 9.59 Å². The van der Waals surface area contributed by atoms with E-state index in [9.17, 15) is 18.4 Å². The molecule has 1 fully saturated rings. The van der Waals surface area contributed by atoms with E-state index in [4.69, 9.17) is 17.0 Å². The summed E-state index contributed by atoms with van der Waals surface area (Å²) in [5.41, 5.74) is 1.51. The van der Waals surface area contributed by atoms with E-state index in [0.29, 0.717) is 31.9 Å². The van der Waals surface area contributed by atoms with E-state index in [1.807, 2.05) is 0 Å². The fourth-order valence-electron chi connectivity index (χ4n) is 3.03. The van der Waals surface area contributed by atoms with Crippen LogP contribution in [0.2, 0.25) is 0 Å². The highest BCUT2D eigenvalue weighted by Gasteiger charge is 2.33. The number of ether oxygens (including phenoxy) is 1. The van der Waals surface area contributed by atoms with Crippen molar-refractivity contribution in [3.05, 3.63) is 94.9 Å². The number of rotatable bonds is 6. The Bertz CT molecular complexity index is 1250. The molecule has 166 valence electrons. The number of amides is 2. The number of nitrogens with zero attached hydrogens (tertiary/aromatic N) is 1. The Labute approximate surface area is 198 Å². The second-order valence-corrected chi connectivity index (χ2v) is 8.55. The number of thiocarbonyl (C=S) groups is 1. The molecule has 1 N–H and O–H groups in total. The monoisotopic (exact) mass is 482 g/mol. The molecular weight excluding hydrogens is 466 g/mol. The van der Waals surface area contributed by atoms with Gasteiger partial charge in [0.2, 0.25) is 0 Å². The normalized spacial score (nSPS) is 14.6. The Balaban J connectivity index is 1.47. The van der Waals surface area contributed by atoms with E-state index in [1.54, 1.807) is 30.3 Å². The molecular formula is C24H16F2N2O3S2. The van der Waals surface area contributed by atoms with Crippen LogP contribution in [-0.4, -0.2) is 22.7 Å². The van der Waals surface area contributed by atoms with Crippen LogP contribution in [0.4, 0.5) is 20.2 Å². The summed E-state index contributed by atoms with van der Waals surface area (Å²) in [7, 11) is 0. The maximum atomic E-state index is 13.2. The zero-order chi connectivity index (χ0) is 23.4. The summed E-state index contributed by atoms with van der Waals surface area (Å²) in [5, 5.41) is 2.62. The maximum Gasteiger partial charge on any atom is 0.270 e. The molecule has 0 atom stereocenters. The lowest BCUT2D eigenvalue weighted by Gasteiger charge is -2.14. The molecule has 0 aliphatic carbocycles. The van der Waals surface area contributed by atoms with Crippen LogP contribution < -0.4 is 15.0 Å². The number of halogens is 2. The maximum absolute atomic E-state index is 13.2. The molecule has 2 amide bonds. The predicted octanol–water partition coefficient (Wildman–Crippen LogP) is 5.39. The van der Waals surface area contributed by atoms with Crippen LogP contribution >= 0.6 is 24.0 Å². The Hall–Kier alpha value is -3.56. The van der Waals surface area contributed by atoms with Crippen molar-refractivity contribution in [3.63, 3.8) is 0 Å². The largest absolute Gasteiger partial charge is 0.483 e. The Kier molecular flexibility index (Phi) is 6.81. The minimum atomic E-state index is -0.418. The summed E-state index contributed by atoms with van der Waals surface area (Å²) in [5.74, 6) is -1.16. The Morgan fingerprint density at radius 3 is 2.33 bits per heavy atom. The fraction of sp³-hybridized carbons (Fsp3) is 0.0417. The van der Waals surface area contributed by atoms with Gasteiger partial charge in [-0.05, 0) is 60.7 Å². The zero-order valence-electron chi connectivity index (χ0n) is 17.0. The molecule has 0 unspecified atom stereocenters. The van der Waals surface area contributed by atoms with Gasteiger partial charge in [-0.2, -0.15) is 0 Å². The van der Waals surface area contributed by atoms with Gasteiger partial charge in [0.15, 0.2) is 10.9 Å². The van der Waals surface area contributed by atoms with Crippen LogP contribution in [0.15, 0.2) is 77.7 Å². The fourth-order valence-corrected chi connectivity index (χ4v) is 4.32. The number of para-hydroxylation sites is 1. The zero-order valence-corrected chi connectivity index (χ0v) is 18.6. The molecule has 0 saturated carbocycles. The number of anilines is 2. The number of hydrogen-bond acceptors (Lipinski definition) is 5. The first-order valence-electron chi connectivity index (χ1n) is 9.71. The highest BCUT2D eigenvalue weighted by molar-refractivity contribution is 8.27. The number of hydrogen-bond donors (Lipinski definition) is 1. The number of thioether (sulfide) groups is 1. The lowest BCUT2D eigenvalue weighted by Crippen LogP contribution is -2.27. The van der Waals surface area contributed by atoms with Crippen molar-refractivity contribution in [2.45, 2.75) is 0 Å². The van der Waals surface area contributed by atoms with Gasteiger partial charge in [-0.25, -0.2) is 8.78 Å². The van der Waals surface area contributed by atoms with Crippen molar-refractivity contribution in [3.8, 4) is 5.75 Å². The van der Waals surface area contributed by atoms with Gasteiger partial charge < -0.3 is 10.1 Å². The Morgan fingerprint density at radius 2 is 1.64 bits per heavy atom. The molecule has 0 aromatic heterocycles. The summed E-state index contributed by atoms with van der Waals surface area (Å²) < 4.78 is 32.2. The van der Waals surface area contributed by atoms with Gasteiger partial charge >= 0.3 is 0 Å². The van der Waals surface area contributed by atoms with Crippen LogP contribution in [0.25, 0.3) is 6.08 Å². The third-order valence-electron chi connectivity index (χ3n) is 4.57. The highest BCUT2D eigenvalue weighted by Crippen LogP contribution is 2.37. The molecule has 0 radical (unpaired) electrons. The molecule has 0 bridgehead atoms.